The van der Waals surface area contributed by atoms with E-state index in [4.69, 9.17) is 0 Å². The van der Waals surface area contributed by atoms with Crippen LogP contribution in [0.5, 0.6) is 0 Å². The van der Waals surface area contributed by atoms with Gasteiger partial charge < -0.3 is 10.6 Å². The van der Waals surface area contributed by atoms with Gasteiger partial charge in [-0.1, -0.05) is 19.8 Å². The third kappa shape index (κ3) is 4.00. The molecule has 2 N–H and O–H groups in total. The molecule has 0 saturated heterocycles. The Morgan fingerprint density at radius 3 is 2.53 bits per heavy atom. The van der Waals surface area contributed by atoms with Crippen LogP contribution in [0.3, 0.4) is 0 Å². The van der Waals surface area contributed by atoms with E-state index in [0.29, 0.717) is 4.75 Å². The van der Waals surface area contributed by atoms with Crippen molar-refractivity contribution in [3.63, 3.8) is 0 Å². The molecule has 1 aromatic rings. The zero-order valence-electron chi connectivity index (χ0n) is 11.9. The highest BCUT2D eigenvalue weighted by atomic mass is 32.2. The Balaban J connectivity index is 1.91. The Kier molecular flexibility index (Phi) is 5.31. The first kappa shape index (κ1) is 14.4. The smallest absolute Gasteiger partial charge is 0.147 e. The maximum absolute atomic E-state index is 4.54. The van der Waals surface area contributed by atoms with Crippen molar-refractivity contribution >= 4 is 23.4 Å². The van der Waals surface area contributed by atoms with Crippen LogP contribution >= 0.6 is 11.8 Å². The maximum atomic E-state index is 4.54. The molecule has 5 heteroatoms. The van der Waals surface area contributed by atoms with Gasteiger partial charge in [0.15, 0.2) is 0 Å². The van der Waals surface area contributed by atoms with Crippen LogP contribution in [-0.2, 0) is 0 Å². The minimum atomic E-state index is 0.397. The summed E-state index contributed by atoms with van der Waals surface area (Å²) in [6.45, 7) is 4.07. The van der Waals surface area contributed by atoms with Gasteiger partial charge in [0.1, 0.15) is 11.6 Å². The van der Waals surface area contributed by atoms with Gasteiger partial charge >= 0.3 is 0 Å². The fourth-order valence-corrected chi connectivity index (χ4v) is 3.43. The Hall–Kier alpha value is -0.970. The topological polar surface area (TPSA) is 49.8 Å². The summed E-state index contributed by atoms with van der Waals surface area (Å²) in [5.41, 5.74) is 0. The molecule has 0 atom stereocenters. The first-order valence-electron chi connectivity index (χ1n) is 7.13. The molecule has 1 aliphatic rings. The second-order valence-electron chi connectivity index (χ2n) is 5.16. The molecule has 19 heavy (non-hydrogen) atoms. The van der Waals surface area contributed by atoms with Crippen LogP contribution in [0, 0.1) is 0 Å². The van der Waals surface area contributed by atoms with Crippen molar-refractivity contribution in [2.75, 3.05) is 30.0 Å². The monoisotopic (exact) mass is 280 g/mol. The van der Waals surface area contributed by atoms with E-state index in [1.165, 1.54) is 25.7 Å². The zero-order valence-corrected chi connectivity index (χ0v) is 12.7. The summed E-state index contributed by atoms with van der Waals surface area (Å²) in [6, 6.07) is 0. The number of nitrogens with zero attached hydrogens (tertiary/aromatic N) is 2. The molecule has 0 bridgehead atoms. The normalized spacial score (nSPS) is 17.4. The Bertz CT molecular complexity index is 391. The number of nitrogens with one attached hydrogen (secondary N) is 2. The standard InChI is InChI=1S/C14H24N4S/c1-3-8-16-12-9-15-10-13(18-12)17-11-14(19-2)6-4-5-7-14/h9-10H,3-8,11H2,1-2H3,(H2,16,17,18). The molecular formula is C14H24N4S. The average Bonchev–Trinajstić information content (AvgIpc) is 2.93. The molecule has 4 nitrogen and oxygen atoms in total. The van der Waals surface area contributed by atoms with E-state index >= 15 is 0 Å². The van der Waals surface area contributed by atoms with Crippen LogP contribution < -0.4 is 10.6 Å². The van der Waals surface area contributed by atoms with Crippen molar-refractivity contribution < 1.29 is 0 Å². The Morgan fingerprint density at radius 2 is 1.89 bits per heavy atom. The van der Waals surface area contributed by atoms with Crippen LogP contribution in [0.1, 0.15) is 39.0 Å². The van der Waals surface area contributed by atoms with Gasteiger partial charge in [0.05, 0.1) is 12.4 Å². The quantitative estimate of drug-likeness (QED) is 0.802. The molecule has 0 radical (unpaired) electrons. The van der Waals surface area contributed by atoms with Crippen LogP contribution in [0.4, 0.5) is 11.6 Å². The van der Waals surface area contributed by atoms with Crippen molar-refractivity contribution in [1.82, 2.24) is 9.97 Å². The second kappa shape index (κ2) is 6.98. The summed E-state index contributed by atoms with van der Waals surface area (Å²) in [5.74, 6) is 1.73. The second-order valence-corrected chi connectivity index (χ2v) is 6.44. The molecule has 0 unspecified atom stereocenters. The fraction of sp³-hybridized carbons (Fsp3) is 0.714. The Morgan fingerprint density at radius 1 is 1.21 bits per heavy atom. The predicted molar refractivity (Wildman–Crippen MR) is 84.0 cm³/mol. The average molecular weight is 280 g/mol. The zero-order chi connectivity index (χ0) is 13.6. The number of anilines is 2. The van der Waals surface area contributed by atoms with Gasteiger partial charge in [0, 0.05) is 17.8 Å². The van der Waals surface area contributed by atoms with Crippen molar-refractivity contribution in [2.24, 2.45) is 0 Å². The van der Waals surface area contributed by atoms with E-state index in [2.05, 4.69) is 33.8 Å². The molecule has 1 fully saturated rings. The summed E-state index contributed by atoms with van der Waals surface area (Å²) >= 11 is 1.99. The Labute approximate surface area is 120 Å². The number of aromatic nitrogens is 2. The van der Waals surface area contributed by atoms with Crippen molar-refractivity contribution in [2.45, 2.75) is 43.8 Å². The van der Waals surface area contributed by atoms with E-state index < -0.39 is 0 Å². The number of thioether (sulfide) groups is 1. The number of hydrogen-bond acceptors (Lipinski definition) is 5. The van der Waals surface area contributed by atoms with E-state index in [0.717, 1.165) is 31.1 Å². The number of rotatable bonds is 7. The molecule has 1 aromatic heterocycles. The fourth-order valence-electron chi connectivity index (χ4n) is 2.51. The third-order valence-corrected chi connectivity index (χ3v) is 5.15. The summed E-state index contributed by atoms with van der Waals surface area (Å²) in [4.78, 5) is 8.78. The van der Waals surface area contributed by atoms with Crippen LogP contribution in [0.25, 0.3) is 0 Å². The van der Waals surface area contributed by atoms with Crippen molar-refractivity contribution in [3.05, 3.63) is 12.4 Å². The van der Waals surface area contributed by atoms with E-state index in [1.54, 1.807) is 12.4 Å². The third-order valence-electron chi connectivity index (χ3n) is 3.73. The summed E-state index contributed by atoms with van der Waals surface area (Å²) in [7, 11) is 0. The minimum Gasteiger partial charge on any atom is -0.369 e. The van der Waals surface area contributed by atoms with Crippen molar-refractivity contribution in [3.8, 4) is 0 Å². The van der Waals surface area contributed by atoms with Crippen molar-refractivity contribution in [1.29, 1.82) is 0 Å². The number of hydrogen-bond donors (Lipinski definition) is 2. The summed E-state index contributed by atoms with van der Waals surface area (Å²) in [5, 5.41) is 6.73. The predicted octanol–water partition coefficient (Wildman–Crippen LogP) is 3.39. The van der Waals surface area contributed by atoms with E-state index in [-0.39, 0.29) is 0 Å². The lowest BCUT2D eigenvalue weighted by Crippen LogP contribution is -2.30. The van der Waals surface area contributed by atoms with Gasteiger partial charge in [-0.15, -0.1) is 0 Å². The van der Waals surface area contributed by atoms with E-state index in [9.17, 15) is 0 Å². The lowest BCUT2D eigenvalue weighted by molar-refractivity contribution is 0.638. The SMILES string of the molecule is CCCNc1cncc(NCC2(SC)CCCC2)n1. The molecule has 1 heterocycles. The molecule has 2 rings (SSSR count). The van der Waals surface area contributed by atoms with Gasteiger partial charge in [0.2, 0.25) is 0 Å². The molecule has 0 aromatic carbocycles. The lowest BCUT2D eigenvalue weighted by atomic mass is 10.1. The molecule has 1 aliphatic carbocycles. The highest BCUT2D eigenvalue weighted by Gasteiger charge is 2.32. The summed E-state index contributed by atoms with van der Waals surface area (Å²) in [6.07, 6.45) is 12.2. The first-order valence-corrected chi connectivity index (χ1v) is 8.35. The van der Waals surface area contributed by atoms with Gasteiger partial charge in [0.25, 0.3) is 0 Å². The van der Waals surface area contributed by atoms with Crippen LogP contribution in [0.15, 0.2) is 12.4 Å². The van der Waals surface area contributed by atoms with Crippen LogP contribution in [-0.4, -0.2) is 34.1 Å². The molecule has 0 amide bonds. The highest BCUT2D eigenvalue weighted by molar-refractivity contribution is 8.00. The highest BCUT2D eigenvalue weighted by Crippen LogP contribution is 2.40. The molecule has 1 saturated carbocycles. The molecule has 106 valence electrons. The molecule has 0 spiro atoms. The van der Waals surface area contributed by atoms with E-state index in [1.807, 2.05) is 11.8 Å². The summed E-state index contributed by atoms with van der Waals surface area (Å²) < 4.78 is 0.397. The maximum Gasteiger partial charge on any atom is 0.147 e. The van der Waals surface area contributed by atoms with Crippen LogP contribution in [0.2, 0.25) is 0 Å². The largest absolute Gasteiger partial charge is 0.369 e. The van der Waals surface area contributed by atoms with Gasteiger partial charge in [-0.3, -0.25) is 4.98 Å². The van der Waals surface area contributed by atoms with Gasteiger partial charge in [-0.25, -0.2) is 4.98 Å². The lowest BCUT2D eigenvalue weighted by Gasteiger charge is -2.27. The van der Waals surface area contributed by atoms with Gasteiger partial charge in [-0.05, 0) is 25.5 Å². The molecular weight excluding hydrogens is 256 g/mol. The minimum absolute atomic E-state index is 0.397. The molecule has 0 aliphatic heterocycles. The first-order chi connectivity index (χ1) is 9.28. The van der Waals surface area contributed by atoms with Gasteiger partial charge in [-0.2, -0.15) is 11.8 Å².